The minimum absolute atomic E-state index is 0.0760. The van der Waals surface area contributed by atoms with Gasteiger partial charge in [0.15, 0.2) is 18.0 Å². The van der Waals surface area contributed by atoms with E-state index in [1.165, 1.54) is 6.07 Å². The molecule has 3 rings (SSSR count). The van der Waals surface area contributed by atoms with Gasteiger partial charge in [-0.05, 0) is 37.3 Å². The Morgan fingerprint density at radius 2 is 2.12 bits per heavy atom. The summed E-state index contributed by atoms with van der Waals surface area (Å²) in [5.74, 6) is -0.383. The molecular weight excluding hydrogens is 371 g/mol. The molecule has 26 heavy (non-hydrogen) atoms. The van der Waals surface area contributed by atoms with Gasteiger partial charge in [0, 0.05) is 17.4 Å². The summed E-state index contributed by atoms with van der Waals surface area (Å²) >= 11 is 5.61. The molecule has 1 amide bonds. The number of pyridine rings is 1. The largest absolute Gasteiger partial charge is 0.480 e. The molecule has 0 radical (unpaired) electrons. The van der Waals surface area contributed by atoms with E-state index >= 15 is 0 Å². The second-order valence-electron chi connectivity index (χ2n) is 5.51. The molecule has 0 saturated carbocycles. The van der Waals surface area contributed by atoms with Crippen LogP contribution in [0.2, 0.25) is 5.02 Å². The van der Waals surface area contributed by atoms with Crippen LogP contribution in [0.1, 0.15) is 11.3 Å². The van der Waals surface area contributed by atoms with Gasteiger partial charge in [0.25, 0.3) is 5.91 Å². The molecule has 5 nitrogen and oxygen atoms in total. The zero-order chi connectivity index (χ0) is 18.9. The van der Waals surface area contributed by atoms with Crippen LogP contribution in [0.25, 0.3) is 5.65 Å². The summed E-state index contributed by atoms with van der Waals surface area (Å²) in [5, 5.41) is 2.12. The monoisotopic (exact) mass is 383 g/mol. The molecule has 0 bridgehead atoms. The number of aryl methyl sites for hydroxylation is 1. The molecule has 2 aromatic heterocycles. The number of imidazole rings is 1. The number of carbonyl (C=O) groups excluding carboxylic acids is 1. The van der Waals surface area contributed by atoms with Crippen LogP contribution in [0.15, 0.2) is 42.7 Å². The van der Waals surface area contributed by atoms with Crippen molar-refractivity contribution in [2.75, 3.05) is 11.9 Å². The summed E-state index contributed by atoms with van der Waals surface area (Å²) in [6.45, 7) is 1.34. The summed E-state index contributed by atoms with van der Waals surface area (Å²) < 4.78 is 46.3. The van der Waals surface area contributed by atoms with Crippen LogP contribution in [0.3, 0.4) is 0 Å². The number of halogens is 4. The molecule has 136 valence electrons. The molecule has 9 heteroatoms. The van der Waals surface area contributed by atoms with E-state index in [1.54, 1.807) is 28.9 Å². The summed E-state index contributed by atoms with van der Waals surface area (Å²) in [6, 6.07) is 6.45. The SMILES string of the molecule is Cc1cn2cccc(OCC(=O)Nc3ccc(Cl)cc3C(F)(F)F)c2n1. The van der Waals surface area contributed by atoms with E-state index in [9.17, 15) is 18.0 Å². The first-order valence-corrected chi connectivity index (χ1v) is 7.85. The maximum Gasteiger partial charge on any atom is 0.418 e. The number of amides is 1. The van der Waals surface area contributed by atoms with Gasteiger partial charge in [-0.2, -0.15) is 13.2 Å². The highest BCUT2D eigenvalue weighted by Crippen LogP contribution is 2.36. The molecule has 0 aliphatic rings. The zero-order valence-electron chi connectivity index (χ0n) is 13.5. The van der Waals surface area contributed by atoms with Crippen molar-refractivity contribution in [2.45, 2.75) is 13.1 Å². The van der Waals surface area contributed by atoms with Crippen LogP contribution >= 0.6 is 11.6 Å². The third kappa shape index (κ3) is 3.91. The van der Waals surface area contributed by atoms with Crippen molar-refractivity contribution in [3.63, 3.8) is 0 Å². The van der Waals surface area contributed by atoms with E-state index in [1.807, 2.05) is 6.92 Å². The van der Waals surface area contributed by atoms with E-state index in [0.717, 1.165) is 17.8 Å². The number of alkyl halides is 3. The van der Waals surface area contributed by atoms with E-state index < -0.39 is 24.3 Å². The molecule has 0 aliphatic heterocycles. The fourth-order valence-electron chi connectivity index (χ4n) is 2.41. The Labute approximate surface area is 151 Å². The molecule has 1 N–H and O–H groups in total. The number of carbonyl (C=O) groups is 1. The summed E-state index contributed by atoms with van der Waals surface area (Å²) in [5.41, 5.74) is -0.128. The normalized spacial score (nSPS) is 11.6. The van der Waals surface area contributed by atoms with E-state index in [2.05, 4.69) is 10.3 Å². The van der Waals surface area contributed by atoms with Crippen molar-refractivity contribution in [2.24, 2.45) is 0 Å². The zero-order valence-corrected chi connectivity index (χ0v) is 14.2. The van der Waals surface area contributed by atoms with Crippen molar-refractivity contribution in [1.29, 1.82) is 0 Å². The lowest BCUT2D eigenvalue weighted by Crippen LogP contribution is -2.22. The van der Waals surface area contributed by atoms with Crippen LogP contribution in [-0.4, -0.2) is 21.9 Å². The highest BCUT2D eigenvalue weighted by atomic mass is 35.5. The van der Waals surface area contributed by atoms with Crippen LogP contribution in [-0.2, 0) is 11.0 Å². The van der Waals surface area contributed by atoms with E-state index in [4.69, 9.17) is 16.3 Å². The fourth-order valence-corrected chi connectivity index (χ4v) is 2.58. The first kappa shape index (κ1) is 18.1. The lowest BCUT2D eigenvalue weighted by atomic mass is 10.1. The molecule has 1 aromatic carbocycles. The van der Waals surface area contributed by atoms with Gasteiger partial charge in [0.1, 0.15) is 0 Å². The second kappa shape index (κ2) is 6.87. The molecule has 2 heterocycles. The standard InChI is InChI=1S/C17H13ClF3N3O2/c1-10-8-24-6-2-3-14(16(24)22-10)26-9-15(25)23-13-5-4-11(18)7-12(13)17(19,20)21/h2-8H,9H2,1H3,(H,23,25). The van der Waals surface area contributed by atoms with Crippen molar-refractivity contribution in [3.8, 4) is 5.75 Å². The molecule has 0 fully saturated rings. The number of hydrogen-bond acceptors (Lipinski definition) is 3. The maximum atomic E-state index is 13.1. The highest BCUT2D eigenvalue weighted by Gasteiger charge is 2.34. The first-order valence-electron chi connectivity index (χ1n) is 7.48. The number of hydrogen-bond donors (Lipinski definition) is 1. The Balaban J connectivity index is 1.74. The van der Waals surface area contributed by atoms with Gasteiger partial charge in [0.05, 0.1) is 16.9 Å². The van der Waals surface area contributed by atoms with Gasteiger partial charge in [-0.15, -0.1) is 0 Å². The topological polar surface area (TPSA) is 55.6 Å². The molecular formula is C17H13ClF3N3O2. The first-order chi connectivity index (χ1) is 12.2. The van der Waals surface area contributed by atoms with Crippen LogP contribution in [0.4, 0.5) is 18.9 Å². The third-order valence-corrected chi connectivity index (χ3v) is 3.72. The molecule has 0 unspecified atom stereocenters. The Morgan fingerprint density at radius 3 is 2.85 bits per heavy atom. The number of fused-ring (bicyclic) bond motifs is 1. The number of benzene rings is 1. The number of nitrogens with zero attached hydrogens (tertiary/aromatic N) is 2. The Morgan fingerprint density at radius 1 is 1.35 bits per heavy atom. The van der Waals surface area contributed by atoms with Crippen LogP contribution in [0, 0.1) is 6.92 Å². The van der Waals surface area contributed by atoms with Gasteiger partial charge in [0.2, 0.25) is 0 Å². The van der Waals surface area contributed by atoms with Crippen LogP contribution in [0.5, 0.6) is 5.75 Å². The lowest BCUT2D eigenvalue weighted by molar-refractivity contribution is -0.137. The van der Waals surface area contributed by atoms with Crippen molar-refractivity contribution >= 4 is 28.8 Å². The average Bonchev–Trinajstić information content (AvgIpc) is 2.94. The predicted octanol–water partition coefficient (Wildman–Crippen LogP) is 4.33. The van der Waals surface area contributed by atoms with E-state index in [0.29, 0.717) is 11.4 Å². The maximum absolute atomic E-state index is 13.1. The predicted molar refractivity (Wildman–Crippen MR) is 90.5 cm³/mol. The van der Waals surface area contributed by atoms with Crippen molar-refractivity contribution in [1.82, 2.24) is 9.38 Å². The number of anilines is 1. The van der Waals surface area contributed by atoms with Gasteiger partial charge in [-0.3, -0.25) is 4.79 Å². The summed E-state index contributed by atoms with van der Waals surface area (Å²) in [4.78, 5) is 16.3. The molecule has 0 aliphatic carbocycles. The average molecular weight is 384 g/mol. The van der Waals surface area contributed by atoms with Crippen molar-refractivity contribution in [3.05, 3.63) is 59.0 Å². The Hall–Kier alpha value is -2.74. The molecule has 0 atom stereocenters. The smallest absolute Gasteiger partial charge is 0.418 e. The lowest BCUT2D eigenvalue weighted by Gasteiger charge is -2.14. The highest BCUT2D eigenvalue weighted by molar-refractivity contribution is 6.30. The Bertz CT molecular complexity index is 970. The van der Waals surface area contributed by atoms with E-state index in [-0.39, 0.29) is 10.7 Å². The number of ether oxygens (including phenoxy) is 1. The van der Waals surface area contributed by atoms with Gasteiger partial charge in [-0.1, -0.05) is 11.6 Å². The Kier molecular flexibility index (Phi) is 4.78. The third-order valence-electron chi connectivity index (χ3n) is 3.49. The van der Waals surface area contributed by atoms with Gasteiger partial charge < -0.3 is 14.5 Å². The quantitative estimate of drug-likeness (QED) is 0.729. The minimum Gasteiger partial charge on any atom is -0.480 e. The number of rotatable bonds is 4. The summed E-state index contributed by atoms with van der Waals surface area (Å²) in [6.07, 6.45) is -1.09. The van der Waals surface area contributed by atoms with Gasteiger partial charge >= 0.3 is 6.18 Å². The minimum atomic E-state index is -4.65. The van der Waals surface area contributed by atoms with Gasteiger partial charge in [-0.25, -0.2) is 4.98 Å². The second-order valence-corrected chi connectivity index (χ2v) is 5.95. The summed E-state index contributed by atoms with van der Waals surface area (Å²) in [7, 11) is 0. The fraction of sp³-hybridized carbons (Fsp3) is 0.176. The van der Waals surface area contributed by atoms with Crippen LogP contribution < -0.4 is 10.1 Å². The molecule has 0 spiro atoms. The number of aromatic nitrogens is 2. The molecule has 0 saturated heterocycles. The number of nitrogens with one attached hydrogen (secondary N) is 1. The molecule has 3 aromatic rings. The van der Waals surface area contributed by atoms with Crippen molar-refractivity contribution < 1.29 is 22.7 Å².